The maximum Gasteiger partial charge on any atom is 0.0243 e. The van der Waals surface area contributed by atoms with Crippen LogP contribution in [0.1, 0.15) is 67.2 Å². The fraction of sp³-hybridized carbons (Fsp3) is 0.875. The van der Waals surface area contributed by atoms with E-state index in [1.54, 1.807) is 0 Å². The van der Waals surface area contributed by atoms with Crippen LogP contribution in [-0.4, -0.2) is 12.6 Å². The van der Waals surface area contributed by atoms with Gasteiger partial charge in [0.1, 0.15) is 0 Å². The summed E-state index contributed by atoms with van der Waals surface area (Å²) in [4.78, 5) is 0. The molecule has 0 aliphatic heterocycles. The number of rotatable bonds is 7. The molecule has 0 aliphatic carbocycles. The van der Waals surface area contributed by atoms with E-state index in [2.05, 4.69) is 51.8 Å². The Morgan fingerprint density at radius 3 is 2.35 bits per heavy atom. The van der Waals surface area contributed by atoms with E-state index in [0.717, 1.165) is 18.9 Å². The van der Waals surface area contributed by atoms with Crippen LogP contribution in [0.25, 0.3) is 0 Å². The van der Waals surface area contributed by atoms with Gasteiger partial charge in [-0.2, -0.15) is 0 Å². The second-order valence-electron chi connectivity index (χ2n) is 6.39. The van der Waals surface area contributed by atoms with E-state index in [1.165, 1.54) is 19.3 Å². The van der Waals surface area contributed by atoms with Gasteiger partial charge in [-0.3, -0.25) is 0 Å². The van der Waals surface area contributed by atoms with Crippen molar-refractivity contribution in [2.45, 2.75) is 73.3 Å². The normalized spacial score (nSPS) is 14.9. The van der Waals surface area contributed by atoms with Gasteiger partial charge in [0, 0.05) is 12.5 Å². The van der Waals surface area contributed by atoms with Gasteiger partial charge in [-0.25, -0.2) is 0 Å². The minimum absolute atomic E-state index is 0.436. The maximum atomic E-state index is 3.62. The number of nitrogens with one attached hydrogen (secondary N) is 1. The summed E-state index contributed by atoms with van der Waals surface area (Å²) >= 11 is 0. The largest absolute Gasteiger partial charge is 0.313 e. The molecule has 0 fully saturated rings. The monoisotopic (exact) mass is 237 g/mol. The van der Waals surface area contributed by atoms with Crippen LogP contribution < -0.4 is 5.32 Å². The lowest BCUT2D eigenvalue weighted by molar-refractivity contribution is 0.275. The second-order valence-corrected chi connectivity index (χ2v) is 6.39. The van der Waals surface area contributed by atoms with Gasteiger partial charge >= 0.3 is 0 Å². The van der Waals surface area contributed by atoms with Crippen molar-refractivity contribution in [2.75, 3.05) is 6.54 Å². The lowest BCUT2D eigenvalue weighted by Crippen LogP contribution is -2.31. The summed E-state index contributed by atoms with van der Waals surface area (Å²) in [5.74, 6) is 6.99. The van der Waals surface area contributed by atoms with Crippen LogP contribution in [0.5, 0.6) is 0 Å². The Hall–Kier alpha value is -0.480. The Bertz CT molecular complexity index is 238. The summed E-state index contributed by atoms with van der Waals surface area (Å²) in [7, 11) is 0. The zero-order chi connectivity index (χ0) is 13.3. The summed E-state index contributed by atoms with van der Waals surface area (Å²) in [6.07, 6.45) is 4.72. The van der Waals surface area contributed by atoms with E-state index < -0.39 is 0 Å². The van der Waals surface area contributed by atoms with Gasteiger partial charge in [-0.1, -0.05) is 34.6 Å². The molecule has 1 heteroatoms. The molecular weight excluding hydrogens is 206 g/mol. The van der Waals surface area contributed by atoms with Crippen molar-refractivity contribution in [3.63, 3.8) is 0 Å². The molecule has 0 aromatic carbocycles. The summed E-state index contributed by atoms with van der Waals surface area (Å²) in [5.41, 5.74) is 0.436. The molecule has 17 heavy (non-hydrogen) atoms. The van der Waals surface area contributed by atoms with E-state index >= 15 is 0 Å². The van der Waals surface area contributed by atoms with Crippen LogP contribution in [0, 0.1) is 23.2 Å². The SMILES string of the molecule is CC#CCC(CC(C)CC(C)(C)C)NCCC. The molecule has 100 valence electrons. The van der Waals surface area contributed by atoms with E-state index in [0.29, 0.717) is 11.5 Å². The highest BCUT2D eigenvalue weighted by molar-refractivity contribution is 4.98. The third kappa shape index (κ3) is 10.4. The first-order valence-electron chi connectivity index (χ1n) is 7.02. The van der Waals surface area contributed by atoms with Gasteiger partial charge in [0.05, 0.1) is 0 Å². The average Bonchev–Trinajstić information content (AvgIpc) is 2.19. The molecule has 2 atom stereocenters. The van der Waals surface area contributed by atoms with E-state index in [9.17, 15) is 0 Å². The van der Waals surface area contributed by atoms with Crippen molar-refractivity contribution in [2.24, 2.45) is 11.3 Å². The predicted molar refractivity (Wildman–Crippen MR) is 78.0 cm³/mol. The summed E-state index contributed by atoms with van der Waals surface area (Å²) in [5, 5.41) is 3.62. The maximum absolute atomic E-state index is 3.62. The molecule has 0 heterocycles. The number of hydrogen-bond acceptors (Lipinski definition) is 1. The molecule has 0 radical (unpaired) electrons. The summed E-state index contributed by atoms with van der Waals surface area (Å²) in [6, 6.07) is 0.569. The summed E-state index contributed by atoms with van der Waals surface area (Å²) < 4.78 is 0. The van der Waals surface area contributed by atoms with E-state index in [1.807, 2.05) is 6.92 Å². The van der Waals surface area contributed by atoms with Gasteiger partial charge in [0.15, 0.2) is 0 Å². The lowest BCUT2D eigenvalue weighted by Gasteiger charge is -2.26. The second kappa shape index (κ2) is 8.59. The predicted octanol–water partition coefficient (Wildman–Crippen LogP) is 4.23. The van der Waals surface area contributed by atoms with Crippen LogP contribution in [0.2, 0.25) is 0 Å². The van der Waals surface area contributed by atoms with Crippen LogP contribution in [0.15, 0.2) is 0 Å². The zero-order valence-electron chi connectivity index (χ0n) is 12.7. The molecule has 0 aliphatic rings. The molecule has 0 aromatic rings. The molecular formula is C16H31N. The first-order chi connectivity index (χ1) is 7.89. The third-order valence-electron chi connectivity index (χ3n) is 2.86. The molecule has 2 unspecified atom stereocenters. The molecule has 0 rings (SSSR count). The van der Waals surface area contributed by atoms with Crippen molar-refractivity contribution in [1.82, 2.24) is 5.32 Å². The molecule has 0 saturated heterocycles. The van der Waals surface area contributed by atoms with E-state index in [-0.39, 0.29) is 0 Å². The minimum atomic E-state index is 0.436. The first-order valence-corrected chi connectivity index (χ1v) is 7.02. The van der Waals surface area contributed by atoms with Crippen molar-refractivity contribution in [3.05, 3.63) is 0 Å². The minimum Gasteiger partial charge on any atom is -0.313 e. The van der Waals surface area contributed by atoms with Crippen molar-refractivity contribution >= 4 is 0 Å². The fourth-order valence-electron chi connectivity index (χ4n) is 2.43. The van der Waals surface area contributed by atoms with Crippen LogP contribution in [0.4, 0.5) is 0 Å². The molecule has 0 spiro atoms. The van der Waals surface area contributed by atoms with Crippen molar-refractivity contribution in [3.8, 4) is 11.8 Å². The highest BCUT2D eigenvalue weighted by atomic mass is 14.9. The Morgan fingerprint density at radius 1 is 1.24 bits per heavy atom. The topological polar surface area (TPSA) is 12.0 Å². The Labute approximate surface area is 109 Å². The average molecular weight is 237 g/mol. The quantitative estimate of drug-likeness (QED) is 0.653. The summed E-state index contributed by atoms with van der Waals surface area (Å²) in [6.45, 7) is 14.6. The van der Waals surface area contributed by atoms with Gasteiger partial charge in [-0.05, 0) is 44.1 Å². The molecule has 0 amide bonds. The third-order valence-corrected chi connectivity index (χ3v) is 2.86. The van der Waals surface area contributed by atoms with Crippen molar-refractivity contribution in [1.29, 1.82) is 0 Å². The molecule has 0 bridgehead atoms. The highest BCUT2D eigenvalue weighted by Crippen LogP contribution is 2.27. The van der Waals surface area contributed by atoms with Gasteiger partial charge in [0.2, 0.25) is 0 Å². The Balaban J connectivity index is 4.14. The van der Waals surface area contributed by atoms with Crippen molar-refractivity contribution < 1.29 is 0 Å². The van der Waals surface area contributed by atoms with Gasteiger partial charge < -0.3 is 5.32 Å². The number of hydrogen-bond donors (Lipinski definition) is 1. The van der Waals surface area contributed by atoms with Crippen LogP contribution in [-0.2, 0) is 0 Å². The smallest absolute Gasteiger partial charge is 0.0243 e. The zero-order valence-corrected chi connectivity index (χ0v) is 12.7. The molecule has 1 N–H and O–H groups in total. The highest BCUT2D eigenvalue weighted by Gasteiger charge is 2.18. The standard InChI is InChI=1S/C16H31N/c1-7-9-10-15(17-11-8-2)12-14(3)13-16(4,5)6/h14-15,17H,8,10-13H2,1-6H3. The molecule has 0 aromatic heterocycles. The van der Waals surface area contributed by atoms with Crippen LogP contribution >= 0.6 is 0 Å². The van der Waals surface area contributed by atoms with Gasteiger partial charge in [-0.15, -0.1) is 11.8 Å². The Kier molecular flexibility index (Phi) is 8.35. The molecule has 1 nitrogen and oxygen atoms in total. The lowest BCUT2D eigenvalue weighted by atomic mass is 9.82. The van der Waals surface area contributed by atoms with E-state index in [4.69, 9.17) is 0 Å². The first kappa shape index (κ1) is 16.5. The van der Waals surface area contributed by atoms with Gasteiger partial charge in [0.25, 0.3) is 0 Å². The molecule has 0 saturated carbocycles. The fourth-order valence-corrected chi connectivity index (χ4v) is 2.43. The Morgan fingerprint density at radius 2 is 1.88 bits per heavy atom. The van der Waals surface area contributed by atoms with Crippen LogP contribution in [0.3, 0.4) is 0 Å².